The molecule has 2 rings (SSSR count). The quantitative estimate of drug-likeness (QED) is 0.775. The van der Waals surface area contributed by atoms with Crippen LogP contribution in [0.3, 0.4) is 0 Å². The van der Waals surface area contributed by atoms with Gasteiger partial charge in [-0.3, -0.25) is 14.9 Å². The minimum atomic E-state index is -5.06. The summed E-state index contributed by atoms with van der Waals surface area (Å²) in [4.78, 5) is 26.6. The van der Waals surface area contributed by atoms with Crippen LogP contribution in [0.2, 0.25) is 0 Å². The summed E-state index contributed by atoms with van der Waals surface area (Å²) in [5.74, 6) is -1.90. The summed E-state index contributed by atoms with van der Waals surface area (Å²) in [7, 11) is 0. The first-order valence-corrected chi connectivity index (χ1v) is 7.58. The van der Waals surface area contributed by atoms with E-state index in [1.54, 1.807) is 0 Å². The Bertz CT molecular complexity index is 812. The largest absolute Gasteiger partial charge is 0.416 e. The molecular formula is C14H9F6N3O2S. The van der Waals surface area contributed by atoms with E-state index in [2.05, 4.69) is 10.3 Å². The van der Waals surface area contributed by atoms with E-state index in [-0.39, 0.29) is 23.3 Å². The summed E-state index contributed by atoms with van der Waals surface area (Å²) in [6.45, 7) is 0. The van der Waals surface area contributed by atoms with E-state index < -0.39 is 40.9 Å². The lowest BCUT2D eigenvalue weighted by Crippen LogP contribution is -2.17. The SMILES string of the molecule is NC(=O)Cc1csc(NC(=O)c2cc(C(F)(F)F)cc(C(F)(F)F)c2)n1. The van der Waals surface area contributed by atoms with Crippen molar-refractivity contribution in [2.24, 2.45) is 5.73 Å². The Morgan fingerprint density at radius 3 is 2.04 bits per heavy atom. The first-order valence-electron chi connectivity index (χ1n) is 6.70. The van der Waals surface area contributed by atoms with Crippen LogP contribution in [0.4, 0.5) is 31.5 Å². The van der Waals surface area contributed by atoms with E-state index in [4.69, 9.17) is 5.73 Å². The van der Waals surface area contributed by atoms with Crippen LogP contribution in [-0.2, 0) is 23.6 Å². The van der Waals surface area contributed by atoms with Gasteiger partial charge in [-0.15, -0.1) is 11.3 Å². The first kappa shape index (κ1) is 19.7. The topological polar surface area (TPSA) is 85.1 Å². The molecule has 0 spiro atoms. The maximum absolute atomic E-state index is 12.8. The maximum atomic E-state index is 12.8. The highest BCUT2D eigenvalue weighted by atomic mass is 32.1. The van der Waals surface area contributed by atoms with E-state index in [0.29, 0.717) is 12.1 Å². The van der Waals surface area contributed by atoms with Crippen LogP contribution in [0.15, 0.2) is 23.6 Å². The molecule has 0 saturated heterocycles. The van der Waals surface area contributed by atoms with Gasteiger partial charge in [0.1, 0.15) is 0 Å². The van der Waals surface area contributed by atoms with E-state index in [9.17, 15) is 35.9 Å². The summed E-state index contributed by atoms with van der Waals surface area (Å²) in [5.41, 5.74) is 1.13. The van der Waals surface area contributed by atoms with Crippen molar-refractivity contribution in [2.75, 3.05) is 5.32 Å². The van der Waals surface area contributed by atoms with E-state index in [1.165, 1.54) is 5.38 Å². The number of nitrogens with zero attached hydrogens (tertiary/aromatic N) is 1. The van der Waals surface area contributed by atoms with Crippen LogP contribution in [0.5, 0.6) is 0 Å². The van der Waals surface area contributed by atoms with Gasteiger partial charge in [0.2, 0.25) is 5.91 Å². The van der Waals surface area contributed by atoms with Crippen molar-refractivity contribution in [2.45, 2.75) is 18.8 Å². The number of nitrogens with two attached hydrogens (primary N) is 1. The number of benzene rings is 1. The highest BCUT2D eigenvalue weighted by Gasteiger charge is 2.37. The van der Waals surface area contributed by atoms with Crippen molar-refractivity contribution in [3.8, 4) is 0 Å². The van der Waals surface area contributed by atoms with Gasteiger partial charge in [-0.1, -0.05) is 0 Å². The molecule has 0 aliphatic carbocycles. The fourth-order valence-electron chi connectivity index (χ4n) is 1.88. The number of alkyl halides is 6. The summed E-state index contributed by atoms with van der Waals surface area (Å²) in [5, 5.41) is 3.36. The first-order chi connectivity index (χ1) is 11.9. The molecule has 2 aromatic rings. The molecule has 1 heterocycles. The van der Waals surface area contributed by atoms with Crippen molar-refractivity contribution in [1.29, 1.82) is 0 Å². The van der Waals surface area contributed by atoms with Crippen molar-refractivity contribution in [3.63, 3.8) is 0 Å². The molecular weight excluding hydrogens is 388 g/mol. The molecule has 1 aromatic carbocycles. The van der Waals surface area contributed by atoms with Crippen LogP contribution >= 0.6 is 11.3 Å². The number of halogens is 6. The molecule has 0 aliphatic heterocycles. The Morgan fingerprint density at radius 2 is 1.58 bits per heavy atom. The lowest BCUT2D eigenvalue weighted by molar-refractivity contribution is -0.143. The molecule has 0 aliphatic rings. The monoisotopic (exact) mass is 397 g/mol. The van der Waals surface area contributed by atoms with E-state index in [1.807, 2.05) is 0 Å². The minimum Gasteiger partial charge on any atom is -0.369 e. The molecule has 2 amide bonds. The number of primary amides is 1. The van der Waals surface area contributed by atoms with Crippen molar-refractivity contribution in [3.05, 3.63) is 46.0 Å². The molecule has 12 heteroatoms. The van der Waals surface area contributed by atoms with Crippen LogP contribution in [0, 0.1) is 0 Å². The molecule has 5 nitrogen and oxygen atoms in total. The van der Waals surface area contributed by atoms with Gasteiger partial charge in [-0.05, 0) is 18.2 Å². The van der Waals surface area contributed by atoms with Gasteiger partial charge < -0.3 is 5.73 Å². The Balaban J connectivity index is 2.33. The fourth-order valence-corrected chi connectivity index (χ4v) is 2.58. The van der Waals surface area contributed by atoms with Gasteiger partial charge in [0.25, 0.3) is 5.91 Å². The molecule has 0 saturated carbocycles. The number of thiazole rings is 1. The average Bonchev–Trinajstić information content (AvgIpc) is 2.91. The second-order valence-electron chi connectivity index (χ2n) is 5.04. The van der Waals surface area contributed by atoms with Gasteiger partial charge in [0, 0.05) is 10.9 Å². The summed E-state index contributed by atoms with van der Waals surface area (Å²) < 4.78 is 76.8. The van der Waals surface area contributed by atoms with E-state index >= 15 is 0 Å². The third kappa shape index (κ3) is 4.94. The predicted molar refractivity (Wildman–Crippen MR) is 79.4 cm³/mol. The van der Waals surface area contributed by atoms with Crippen molar-refractivity contribution >= 4 is 28.3 Å². The number of aromatic nitrogens is 1. The highest BCUT2D eigenvalue weighted by Crippen LogP contribution is 2.36. The fraction of sp³-hybridized carbons (Fsp3) is 0.214. The molecule has 1 aromatic heterocycles. The zero-order valence-corrected chi connectivity index (χ0v) is 13.4. The second kappa shape index (κ2) is 6.94. The highest BCUT2D eigenvalue weighted by molar-refractivity contribution is 7.14. The Hall–Kier alpha value is -2.63. The standard InChI is InChI=1S/C14H9F6N3O2S/c15-13(16,17)7-1-6(2-8(3-7)14(18,19)20)11(25)23-12-22-9(5-26-12)4-10(21)24/h1-3,5H,4H2,(H2,21,24)(H,22,23,25). The number of hydrogen-bond acceptors (Lipinski definition) is 4. The molecule has 140 valence electrons. The maximum Gasteiger partial charge on any atom is 0.416 e. The van der Waals surface area contributed by atoms with Gasteiger partial charge in [0.15, 0.2) is 5.13 Å². The molecule has 0 atom stereocenters. The number of anilines is 1. The number of carbonyl (C=O) groups excluding carboxylic acids is 2. The van der Waals surface area contributed by atoms with E-state index in [0.717, 1.165) is 11.3 Å². The number of amides is 2. The van der Waals surface area contributed by atoms with Crippen LogP contribution in [-0.4, -0.2) is 16.8 Å². The second-order valence-corrected chi connectivity index (χ2v) is 5.89. The smallest absolute Gasteiger partial charge is 0.369 e. The third-order valence-electron chi connectivity index (χ3n) is 2.98. The lowest BCUT2D eigenvalue weighted by atomic mass is 10.0. The molecule has 26 heavy (non-hydrogen) atoms. The molecule has 3 N–H and O–H groups in total. The van der Waals surface area contributed by atoms with Crippen LogP contribution in [0.1, 0.15) is 27.2 Å². The number of rotatable bonds is 4. The number of nitrogens with one attached hydrogen (secondary N) is 1. The third-order valence-corrected chi connectivity index (χ3v) is 3.78. The predicted octanol–water partition coefficient (Wildman–Crippen LogP) is 3.46. The summed E-state index contributed by atoms with van der Waals surface area (Å²) >= 11 is 0.839. The van der Waals surface area contributed by atoms with Crippen molar-refractivity contribution < 1.29 is 35.9 Å². The van der Waals surface area contributed by atoms with Gasteiger partial charge >= 0.3 is 12.4 Å². The Labute approximate surface area is 145 Å². The van der Waals surface area contributed by atoms with Gasteiger partial charge in [0.05, 0.1) is 23.2 Å². The molecule has 0 bridgehead atoms. The number of carbonyl (C=O) groups is 2. The summed E-state index contributed by atoms with van der Waals surface area (Å²) in [6, 6.07) is 0.538. The zero-order chi connectivity index (χ0) is 19.7. The van der Waals surface area contributed by atoms with Gasteiger partial charge in [-0.25, -0.2) is 4.98 Å². The lowest BCUT2D eigenvalue weighted by Gasteiger charge is -2.13. The summed E-state index contributed by atoms with van der Waals surface area (Å²) in [6.07, 6.45) is -10.4. The average molecular weight is 397 g/mol. The normalized spacial score (nSPS) is 12.1. The van der Waals surface area contributed by atoms with Crippen molar-refractivity contribution in [1.82, 2.24) is 4.98 Å². The van der Waals surface area contributed by atoms with Crippen LogP contribution < -0.4 is 11.1 Å². The molecule has 0 radical (unpaired) electrons. The Kier molecular flexibility index (Phi) is 5.26. The molecule has 0 fully saturated rings. The minimum absolute atomic E-state index is 0.0782. The number of hydrogen-bond donors (Lipinski definition) is 2. The van der Waals surface area contributed by atoms with Gasteiger partial charge in [-0.2, -0.15) is 26.3 Å². The van der Waals surface area contributed by atoms with Crippen LogP contribution in [0.25, 0.3) is 0 Å². The zero-order valence-electron chi connectivity index (χ0n) is 12.5. The Morgan fingerprint density at radius 1 is 1.04 bits per heavy atom. The molecule has 0 unspecified atom stereocenters.